The molecule has 3 amide bonds. The van der Waals surface area contributed by atoms with Gasteiger partial charge in [-0.3, -0.25) is 24.5 Å². The molecule has 2 aromatic carbocycles. The van der Waals surface area contributed by atoms with Gasteiger partial charge in [0.1, 0.15) is 11.8 Å². The number of rotatable bonds is 5. The molecule has 0 saturated carbocycles. The molecule has 162 valence electrons. The lowest BCUT2D eigenvalue weighted by atomic mass is 9.99. The quantitative estimate of drug-likeness (QED) is 0.413. The van der Waals surface area contributed by atoms with Crippen LogP contribution in [0.1, 0.15) is 37.6 Å². The molecule has 31 heavy (non-hydrogen) atoms. The Balaban J connectivity index is 1.93. The molecule has 1 unspecified atom stereocenters. The molecule has 0 N–H and O–H groups in total. The Morgan fingerprint density at radius 1 is 1.10 bits per heavy atom. The lowest BCUT2D eigenvalue weighted by Crippen LogP contribution is -2.54. The second-order valence-electron chi connectivity index (χ2n) is 8.14. The standard InChI is InChI=1S/C22H23N3O6/c1-22(2,3)24(20(27)14-5-7-16(8-6-14)25(29)30)18-13-19(26)23(21(18)28)15-9-11-17(31-4)12-10-15/h5-12,18H,13H2,1-4H3. The minimum atomic E-state index is -0.989. The highest BCUT2D eigenvalue weighted by atomic mass is 16.6. The summed E-state index contributed by atoms with van der Waals surface area (Å²) in [5.41, 5.74) is -0.328. The van der Waals surface area contributed by atoms with E-state index in [-0.39, 0.29) is 17.7 Å². The van der Waals surface area contributed by atoms with Gasteiger partial charge in [-0.25, -0.2) is 4.90 Å². The molecule has 9 heteroatoms. The van der Waals surface area contributed by atoms with E-state index in [2.05, 4.69) is 0 Å². The highest BCUT2D eigenvalue weighted by molar-refractivity contribution is 6.23. The van der Waals surface area contributed by atoms with E-state index in [1.807, 2.05) is 0 Å². The third-order valence-corrected chi connectivity index (χ3v) is 5.03. The first-order chi connectivity index (χ1) is 14.5. The van der Waals surface area contributed by atoms with Crippen LogP contribution >= 0.6 is 0 Å². The van der Waals surface area contributed by atoms with E-state index in [1.54, 1.807) is 45.0 Å². The summed E-state index contributed by atoms with van der Waals surface area (Å²) >= 11 is 0. The molecule has 0 aromatic heterocycles. The molecule has 0 spiro atoms. The third kappa shape index (κ3) is 4.25. The van der Waals surface area contributed by atoms with Crippen molar-refractivity contribution < 1.29 is 24.0 Å². The van der Waals surface area contributed by atoms with E-state index in [0.717, 1.165) is 4.90 Å². The second-order valence-corrected chi connectivity index (χ2v) is 8.14. The molecule has 0 aliphatic carbocycles. The van der Waals surface area contributed by atoms with Gasteiger partial charge in [0.2, 0.25) is 5.91 Å². The molecule has 1 fully saturated rings. The number of carbonyl (C=O) groups is 3. The Morgan fingerprint density at radius 3 is 2.16 bits per heavy atom. The summed E-state index contributed by atoms with van der Waals surface area (Å²) in [5, 5.41) is 10.9. The SMILES string of the molecule is COc1ccc(N2C(=O)CC(N(C(=O)c3ccc([N+](=O)[O-])cc3)C(C)(C)C)C2=O)cc1. The van der Waals surface area contributed by atoms with Crippen molar-refractivity contribution in [1.29, 1.82) is 0 Å². The molecule has 1 aliphatic heterocycles. The van der Waals surface area contributed by atoms with Gasteiger partial charge in [0.25, 0.3) is 17.5 Å². The van der Waals surface area contributed by atoms with Gasteiger partial charge in [-0.2, -0.15) is 0 Å². The minimum Gasteiger partial charge on any atom is -0.497 e. The predicted molar refractivity (Wildman–Crippen MR) is 113 cm³/mol. The number of anilines is 1. The van der Waals surface area contributed by atoms with Crippen molar-refractivity contribution in [2.24, 2.45) is 0 Å². The van der Waals surface area contributed by atoms with Crippen molar-refractivity contribution >= 4 is 29.1 Å². The fourth-order valence-corrected chi connectivity index (χ4v) is 3.60. The topological polar surface area (TPSA) is 110 Å². The number of non-ortho nitro benzene ring substituents is 1. The summed E-state index contributed by atoms with van der Waals surface area (Å²) < 4.78 is 5.11. The van der Waals surface area contributed by atoms with Crippen LogP contribution in [0.25, 0.3) is 0 Å². The van der Waals surface area contributed by atoms with Crippen LogP contribution in [0.2, 0.25) is 0 Å². The maximum absolute atomic E-state index is 13.3. The zero-order valence-corrected chi connectivity index (χ0v) is 17.7. The average molecular weight is 425 g/mol. The Labute approximate surface area is 179 Å². The number of benzene rings is 2. The number of methoxy groups -OCH3 is 1. The highest BCUT2D eigenvalue weighted by Gasteiger charge is 2.47. The van der Waals surface area contributed by atoms with Gasteiger partial charge >= 0.3 is 0 Å². The van der Waals surface area contributed by atoms with Crippen LogP contribution in [0, 0.1) is 10.1 Å². The van der Waals surface area contributed by atoms with Crippen LogP contribution in [0.5, 0.6) is 5.75 Å². The van der Waals surface area contributed by atoms with Crippen molar-refractivity contribution in [1.82, 2.24) is 4.90 Å². The monoisotopic (exact) mass is 425 g/mol. The molecule has 2 aromatic rings. The first-order valence-corrected chi connectivity index (χ1v) is 9.63. The second kappa shape index (κ2) is 8.17. The van der Waals surface area contributed by atoms with E-state index in [0.29, 0.717) is 11.4 Å². The van der Waals surface area contributed by atoms with Gasteiger partial charge in [-0.1, -0.05) is 0 Å². The summed E-state index contributed by atoms with van der Waals surface area (Å²) in [7, 11) is 1.52. The van der Waals surface area contributed by atoms with Crippen molar-refractivity contribution in [3.8, 4) is 5.75 Å². The number of carbonyl (C=O) groups excluding carboxylic acids is 3. The number of amides is 3. The van der Waals surface area contributed by atoms with Crippen LogP contribution < -0.4 is 9.64 Å². The predicted octanol–water partition coefficient (Wildman–Crippen LogP) is 3.18. The maximum Gasteiger partial charge on any atom is 0.269 e. The molecule has 9 nitrogen and oxygen atoms in total. The van der Waals surface area contributed by atoms with Crippen molar-refractivity contribution in [3.05, 3.63) is 64.2 Å². The first kappa shape index (κ1) is 21.9. The van der Waals surface area contributed by atoms with Gasteiger partial charge in [0.15, 0.2) is 0 Å². The molecule has 1 heterocycles. The lowest BCUT2D eigenvalue weighted by molar-refractivity contribution is -0.384. The Kier molecular flexibility index (Phi) is 5.79. The molecular formula is C22H23N3O6. The Hall–Kier alpha value is -3.75. The molecule has 1 saturated heterocycles. The number of nitrogens with zero attached hydrogens (tertiary/aromatic N) is 3. The lowest BCUT2D eigenvalue weighted by Gasteiger charge is -2.39. The molecule has 1 atom stereocenters. The van der Waals surface area contributed by atoms with Crippen LogP contribution in [0.4, 0.5) is 11.4 Å². The van der Waals surface area contributed by atoms with Crippen LogP contribution in [-0.4, -0.2) is 46.2 Å². The molecule has 0 radical (unpaired) electrons. The minimum absolute atomic E-state index is 0.142. The molecular weight excluding hydrogens is 402 g/mol. The Morgan fingerprint density at radius 2 is 1.68 bits per heavy atom. The number of ether oxygens (including phenoxy) is 1. The fourth-order valence-electron chi connectivity index (χ4n) is 3.60. The van der Waals surface area contributed by atoms with Crippen LogP contribution in [0.3, 0.4) is 0 Å². The largest absolute Gasteiger partial charge is 0.497 e. The third-order valence-electron chi connectivity index (χ3n) is 5.03. The summed E-state index contributed by atoms with van der Waals surface area (Å²) in [6, 6.07) is 10.7. The Bertz CT molecular complexity index is 1020. The van der Waals surface area contributed by atoms with E-state index in [1.165, 1.54) is 36.3 Å². The smallest absolute Gasteiger partial charge is 0.269 e. The normalized spacial score (nSPS) is 16.4. The molecule has 3 rings (SSSR count). The summed E-state index contributed by atoms with van der Waals surface area (Å²) in [6.45, 7) is 5.30. The summed E-state index contributed by atoms with van der Waals surface area (Å²) in [4.78, 5) is 52.0. The van der Waals surface area contributed by atoms with Gasteiger partial charge in [-0.15, -0.1) is 0 Å². The molecule has 0 bridgehead atoms. The van der Waals surface area contributed by atoms with Crippen molar-refractivity contribution in [2.45, 2.75) is 38.8 Å². The average Bonchev–Trinajstić information content (AvgIpc) is 3.00. The maximum atomic E-state index is 13.3. The van der Waals surface area contributed by atoms with E-state index in [9.17, 15) is 24.5 Å². The van der Waals surface area contributed by atoms with Crippen LogP contribution in [0.15, 0.2) is 48.5 Å². The van der Waals surface area contributed by atoms with E-state index >= 15 is 0 Å². The summed E-state index contributed by atoms with van der Waals surface area (Å²) in [6.07, 6.45) is -0.152. The number of nitro groups is 1. The van der Waals surface area contributed by atoms with E-state index < -0.39 is 34.2 Å². The zero-order valence-electron chi connectivity index (χ0n) is 17.7. The van der Waals surface area contributed by atoms with Gasteiger partial charge in [0, 0.05) is 23.2 Å². The number of hydrogen-bond donors (Lipinski definition) is 0. The van der Waals surface area contributed by atoms with Gasteiger partial charge in [0.05, 0.1) is 24.1 Å². The number of hydrogen-bond acceptors (Lipinski definition) is 6. The number of imide groups is 1. The van der Waals surface area contributed by atoms with Crippen molar-refractivity contribution in [3.63, 3.8) is 0 Å². The molecule has 1 aliphatic rings. The highest BCUT2D eigenvalue weighted by Crippen LogP contribution is 2.32. The number of nitro benzene ring substituents is 1. The van der Waals surface area contributed by atoms with Gasteiger partial charge in [-0.05, 0) is 57.2 Å². The van der Waals surface area contributed by atoms with Crippen LogP contribution in [-0.2, 0) is 9.59 Å². The first-order valence-electron chi connectivity index (χ1n) is 9.63. The zero-order chi connectivity index (χ0) is 22.9. The summed E-state index contributed by atoms with van der Waals surface area (Å²) in [5.74, 6) is -0.805. The van der Waals surface area contributed by atoms with Gasteiger partial charge < -0.3 is 9.64 Å². The fraction of sp³-hybridized carbons (Fsp3) is 0.318. The van der Waals surface area contributed by atoms with E-state index in [4.69, 9.17) is 4.74 Å². The van der Waals surface area contributed by atoms with Crippen molar-refractivity contribution in [2.75, 3.05) is 12.0 Å².